The van der Waals surface area contributed by atoms with E-state index in [1.165, 1.54) is 32.4 Å². The minimum Gasteiger partial charge on any atom is -0.497 e. The number of ether oxygens (including phenoxy) is 1. The van der Waals surface area contributed by atoms with Crippen LogP contribution in [0.3, 0.4) is 0 Å². The molecule has 0 aliphatic carbocycles. The van der Waals surface area contributed by atoms with Gasteiger partial charge >= 0.3 is 0 Å². The second-order valence-electron chi connectivity index (χ2n) is 7.50. The maximum Gasteiger partial charge on any atom is 0.226 e. The number of nitrogens with zero attached hydrogens (tertiary/aromatic N) is 4. The molecule has 1 aromatic carbocycles. The third-order valence-electron chi connectivity index (χ3n) is 5.66. The Balaban J connectivity index is 1.68. The molecule has 2 fully saturated rings. The normalized spacial score (nSPS) is 24.9. The van der Waals surface area contributed by atoms with Crippen molar-refractivity contribution in [2.45, 2.75) is 26.2 Å². The Bertz CT molecular complexity index is 758. The number of piperidine rings is 1. The van der Waals surface area contributed by atoms with Crippen molar-refractivity contribution >= 4 is 16.9 Å². The van der Waals surface area contributed by atoms with Crippen molar-refractivity contribution < 1.29 is 4.74 Å². The Kier molecular flexibility index (Phi) is 3.83. The molecule has 0 unspecified atom stereocenters. The molecule has 1 aromatic heterocycles. The first-order valence-corrected chi connectivity index (χ1v) is 8.84. The van der Waals surface area contributed by atoms with Crippen LogP contribution >= 0.6 is 0 Å². The topological polar surface area (TPSA) is 41.5 Å². The summed E-state index contributed by atoms with van der Waals surface area (Å²) in [5.74, 6) is 1.72. The third kappa shape index (κ3) is 2.71. The molecule has 128 valence electrons. The van der Waals surface area contributed by atoms with Gasteiger partial charge in [-0.2, -0.15) is 0 Å². The smallest absolute Gasteiger partial charge is 0.226 e. The van der Waals surface area contributed by atoms with Crippen LogP contribution < -0.4 is 9.64 Å². The Labute approximate surface area is 143 Å². The van der Waals surface area contributed by atoms with Crippen LogP contribution in [0.2, 0.25) is 0 Å². The third-order valence-corrected chi connectivity index (χ3v) is 5.66. The van der Waals surface area contributed by atoms with Crippen molar-refractivity contribution in [3.05, 3.63) is 23.9 Å². The minimum atomic E-state index is 0.424. The number of rotatable bonds is 2. The van der Waals surface area contributed by atoms with E-state index in [2.05, 4.69) is 29.8 Å². The number of hydrogen-bond acceptors (Lipinski definition) is 5. The molecule has 0 N–H and O–H groups in total. The molecule has 24 heavy (non-hydrogen) atoms. The number of likely N-dealkylation sites (tertiary alicyclic amines) is 1. The molecule has 5 nitrogen and oxygen atoms in total. The van der Waals surface area contributed by atoms with Gasteiger partial charge in [0.15, 0.2) is 0 Å². The van der Waals surface area contributed by atoms with Crippen molar-refractivity contribution in [3.63, 3.8) is 0 Å². The highest BCUT2D eigenvalue weighted by atomic mass is 16.5. The number of aryl methyl sites for hydroxylation is 1. The lowest BCUT2D eigenvalue weighted by Crippen LogP contribution is -2.45. The van der Waals surface area contributed by atoms with Crippen molar-refractivity contribution in [1.29, 1.82) is 0 Å². The molecule has 4 rings (SSSR count). The fourth-order valence-corrected chi connectivity index (χ4v) is 4.39. The van der Waals surface area contributed by atoms with Gasteiger partial charge < -0.3 is 14.5 Å². The van der Waals surface area contributed by atoms with Gasteiger partial charge in [0.05, 0.1) is 18.3 Å². The number of benzene rings is 1. The molecule has 0 bridgehead atoms. The van der Waals surface area contributed by atoms with E-state index in [0.29, 0.717) is 5.41 Å². The van der Waals surface area contributed by atoms with Crippen LogP contribution in [0.4, 0.5) is 5.95 Å². The highest BCUT2D eigenvalue weighted by Gasteiger charge is 2.40. The molecule has 2 aliphatic rings. The molecule has 2 aromatic rings. The lowest BCUT2D eigenvalue weighted by Gasteiger charge is -2.40. The lowest BCUT2D eigenvalue weighted by molar-refractivity contribution is 0.233. The zero-order chi connectivity index (χ0) is 16.7. The van der Waals surface area contributed by atoms with E-state index in [4.69, 9.17) is 14.7 Å². The summed E-state index contributed by atoms with van der Waals surface area (Å²) in [6, 6.07) is 6.04. The maximum atomic E-state index is 5.36. The molecule has 1 atom stereocenters. The number of methoxy groups -OCH3 is 1. The fourth-order valence-electron chi connectivity index (χ4n) is 4.39. The summed E-state index contributed by atoms with van der Waals surface area (Å²) < 4.78 is 5.36. The number of fused-ring (bicyclic) bond motifs is 1. The minimum absolute atomic E-state index is 0.424. The van der Waals surface area contributed by atoms with Crippen LogP contribution in [0.25, 0.3) is 10.9 Å². The van der Waals surface area contributed by atoms with Crippen LogP contribution in [0, 0.1) is 12.3 Å². The molecule has 0 amide bonds. The lowest BCUT2D eigenvalue weighted by atomic mass is 9.79. The first-order chi connectivity index (χ1) is 11.6. The number of hydrogen-bond donors (Lipinski definition) is 0. The average molecular weight is 326 g/mol. The number of aromatic nitrogens is 2. The summed E-state index contributed by atoms with van der Waals surface area (Å²) in [7, 11) is 3.93. The van der Waals surface area contributed by atoms with Crippen molar-refractivity contribution in [2.24, 2.45) is 5.41 Å². The van der Waals surface area contributed by atoms with Crippen LogP contribution in [0.5, 0.6) is 5.75 Å². The highest BCUT2D eigenvalue weighted by Crippen LogP contribution is 2.39. The molecular formula is C19H26N4O. The SMILES string of the molecule is COc1ccc2c(C)nc(N3CCC[C@]4(CCN(C)C4)C3)nc2c1. The largest absolute Gasteiger partial charge is 0.497 e. The second kappa shape index (κ2) is 5.88. The maximum absolute atomic E-state index is 5.36. The van der Waals surface area contributed by atoms with Gasteiger partial charge in [0.1, 0.15) is 5.75 Å². The Morgan fingerprint density at radius 2 is 2.00 bits per heavy atom. The zero-order valence-corrected chi connectivity index (χ0v) is 14.9. The van der Waals surface area contributed by atoms with E-state index < -0.39 is 0 Å². The summed E-state index contributed by atoms with van der Waals surface area (Å²) >= 11 is 0. The summed E-state index contributed by atoms with van der Waals surface area (Å²) in [5.41, 5.74) is 2.44. The molecule has 1 spiro atoms. The van der Waals surface area contributed by atoms with Gasteiger partial charge in [0.2, 0.25) is 5.95 Å². The van der Waals surface area contributed by atoms with Gasteiger partial charge in [0, 0.05) is 36.5 Å². The van der Waals surface area contributed by atoms with Gasteiger partial charge in [-0.3, -0.25) is 0 Å². The molecule has 0 radical (unpaired) electrons. The fraction of sp³-hybridized carbons (Fsp3) is 0.579. The predicted octanol–water partition coefficient (Wildman–Crippen LogP) is 2.87. The van der Waals surface area contributed by atoms with Crippen molar-refractivity contribution in [2.75, 3.05) is 45.2 Å². The van der Waals surface area contributed by atoms with E-state index in [1.54, 1.807) is 7.11 Å². The summed E-state index contributed by atoms with van der Waals surface area (Å²) in [6.45, 7) is 6.61. The van der Waals surface area contributed by atoms with Gasteiger partial charge in [-0.25, -0.2) is 9.97 Å². The van der Waals surface area contributed by atoms with Crippen molar-refractivity contribution in [3.8, 4) is 5.75 Å². The van der Waals surface area contributed by atoms with Crippen molar-refractivity contribution in [1.82, 2.24) is 14.9 Å². The van der Waals surface area contributed by atoms with E-state index in [0.717, 1.165) is 41.4 Å². The van der Waals surface area contributed by atoms with Crippen LogP contribution in [0.15, 0.2) is 18.2 Å². The molecule has 5 heteroatoms. The predicted molar refractivity (Wildman–Crippen MR) is 96.8 cm³/mol. The summed E-state index contributed by atoms with van der Waals surface area (Å²) in [6.07, 6.45) is 3.85. The van der Waals surface area contributed by atoms with Gasteiger partial charge in [-0.15, -0.1) is 0 Å². The number of anilines is 1. The Morgan fingerprint density at radius 1 is 1.12 bits per heavy atom. The Morgan fingerprint density at radius 3 is 2.75 bits per heavy atom. The van der Waals surface area contributed by atoms with Gasteiger partial charge in [-0.05, 0) is 51.9 Å². The monoisotopic (exact) mass is 326 g/mol. The second-order valence-corrected chi connectivity index (χ2v) is 7.50. The van der Waals surface area contributed by atoms with Gasteiger partial charge in [0.25, 0.3) is 0 Å². The Hall–Kier alpha value is -1.88. The molecule has 2 saturated heterocycles. The summed E-state index contributed by atoms with van der Waals surface area (Å²) in [4.78, 5) is 14.5. The quantitative estimate of drug-likeness (QED) is 0.849. The molecule has 0 saturated carbocycles. The average Bonchev–Trinajstić information content (AvgIpc) is 2.94. The summed E-state index contributed by atoms with van der Waals surface area (Å²) in [5, 5.41) is 1.10. The zero-order valence-electron chi connectivity index (χ0n) is 14.9. The van der Waals surface area contributed by atoms with E-state index in [9.17, 15) is 0 Å². The molecule has 3 heterocycles. The molecular weight excluding hydrogens is 300 g/mol. The van der Waals surface area contributed by atoms with Crippen LogP contribution in [-0.2, 0) is 0 Å². The first-order valence-electron chi connectivity index (χ1n) is 8.84. The van der Waals surface area contributed by atoms with E-state index in [1.807, 2.05) is 12.1 Å². The molecule has 2 aliphatic heterocycles. The van der Waals surface area contributed by atoms with Crippen LogP contribution in [0.1, 0.15) is 25.0 Å². The van der Waals surface area contributed by atoms with Crippen LogP contribution in [-0.4, -0.2) is 55.2 Å². The van der Waals surface area contributed by atoms with E-state index >= 15 is 0 Å². The standard InChI is InChI=1S/C19H26N4O/c1-14-16-6-5-15(24-3)11-17(16)21-18(20-14)23-9-4-7-19(13-23)8-10-22(2)12-19/h5-6,11H,4,7-10,12-13H2,1-3H3/t19-/m1/s1. The first kappa shape index (κ1) is 15.6. The highest BCUT2D eigenvalue weighted by molar-refractivity contribution is 5.83. The van der Waals surface area contributed by atoms with E-state index in [-0.39, 0.29) is 0 Å². The van der Waals surface area contributed by atoms with Gasteiger partial charge in [-0.1, -0.05) is 0 Å².